The Hall–Kier alpha value is -2.38. The van der Waals surface area contributed by atoms with Crippen molar-refractivity contribution in [2.75, 3.05) is 7.11 Å². The number of nitrogens with zero attached hydrogens (tertiary/aromatic N) is 1. The predicted octanol–water partition coefficient (Wildman–Crippen LogP) is 2.96. The monoisotopic (exact) mass is 271 g/mol. The van der Waals surface area contributed by atoms with Crippen LogP contribution in [0.2, 0.25) is 0 Å². The molecule has 0 saturated carbocycles. The second-order valence-electron chi connectivity index (χ2n) is 4.61. The zero-order chi connectivity index (χ0) is 14.8. The van der Waals surface area contributed by atoms with Gasteiger partial charge in [0.1, 0.15) is 5.60 Å². The Kier molecular flexibility index (Phi) is 3.73. The maximum atomic E-state index is 13.8. The summed E-state index contributed by atoms with van der Waals surface area (Å²) in [5.41, 5.74) is -0.0243. The van der Waals surface area contributed by atoms with Crippen LogP contribution < -0.4 is 4.74 Å². The van der Waals surface area contributed by atoms with E-state index in [4.69, 9.17) is 10.00 Å². The van der Waals surface area contributed by atoms with Crippen LogP contribution in [0.5, 0.6) is 5.75 Å². The van der Waals surface area contributed by atoms with Crippen molar-refractivity contribution in [2.45, 2.75) is 12.5 Å². The first-order chi connectivity index (χ1) is 9.48. The molecule has 1 N–H and O–H groups in total. The Labute approximate surface area is 116 Å². The Morgan fingerprint density at radius 1 is 1.20 bits per heavy atom. The molecule has 20 heavy (non-hydrogen) atoms. The normalized spacial score (nSPS) is 13.3. The quantitative estimate of drug-likeness (QED) is 0.933. The zero-order valence-electron chi connectivity index (χ0n) is 11.2. The maximum absolute atomic E-state index is 13.8. The lowest BCUT2D eigenvalue weighted by atomic mass is 9.87. The standard InChI is InChI=1S/C16H14FNO2/c1-16(19,12-5-3-4-11(8-12)10-18)13-6-7-15(20-2)14(17)9-13/h3-9,19H,1-2H3. The van der Waals surface area contributed by atoms with Gasteiger partial charge in [-0.2, -0.15) is 5.26 Å². The molecule has 0 aliphatic carbocycles. The molecule has 2 rings (SSSR count). The molecule has 1 atom stereocenters. The molecule has 0 heterocycles. The minimum atomic E-state index is -1.39. The second kappa shape index (κ2) is 5.32. The summed E-state index contributed by atoms with van der Waals surface area (Å²) >= 11 is 0. The van der Waals surface area contributed by atoms with Crippen molar-refractivity contribution < 1.29 is 14.2 Å². The van der Waals surface area contributed by atoms with E-state index in [9.17, 15) is 9.50 Å². The van der Waals surface area contributed by atoms with Gasteiger partial charge in [-0.05, 0) is 42.3 Å². The van der Waals surface area contributed by atoms with Gasteiger partial charge in [-0.1, -0.05) is 18.2 Å². The molecule has 2 aromatic rings. The van der Waals surface area contributed by atoms with E-state index in [0.717, 1.165) is 0 Å². The fourth-order valence-corrected chi connectivity index (χ4v) is 2.03. The van der Waals surface area contributed by atoms with E-state index in [0.29, 0.717) is 16.7 Å². The number of benzene rings is 2. The smallest absolute Gasteiger partial charge is 0.165 e. The van der Waals surface area contributed by atoms with Crippen LogP contribution in [0.4, 0.5) is 4.39 Å². The van der Waals surface area contributed by atoms with E-state index in [1.165, 1.54) is 19.2 Å². The molecule has 0 bridgehead atoms. The van der Waals surface area contributed by atoms with E-state index < -0.39 is 11.4 Å². The topological polar surface area (TPSA) is 53.2 Å². The minimum absolute atomic E-state index is 0.121. The lowest BCUT2D eigenvalue weighted by Gasteiger charge is -2.25. The first-order valence-electron chi connectivity index (χ1n) is 6.06. The van der Waals surface area contributed by atoms with Gasteiger partial charge in [-0.3, -0.25) is 0 Å². The van der Waals surface area contributed by atoms with Gasteiger partial charge in [0.25, 0.3) is 0 Å². The summed E-state index contributed by atoms with van der Waals surface area (Å²) in [7, 11) is 1.38. The molecule has 0 spiro atoms. The van der Waals surface area contributed by atoms with Gasteiger partial charge in [-0.25, -0.2) is 4.39 Å². The highest BCUT2D eigenvalue weighted by Crippen LogP contribution is 2.31. The SMILES string of the molecule is COc1ccc(C(C)(O)c2cccc(C#N)c2)cc1F. The van der Waals surface area contributed by atoms with Crippen LogP contribution >= 0.6 is 0 Å². The molecular formula is C16H14FNO2. The number of ether oxygens (including phenoxy) is 1. The fraction of sp³-hybridized carbons (Fsp3) is 0.188. The van der Waals surface area contributed by atoms with Gasteiger partial charge in [0.15, 0.2) is 11.6 Å². The Morgan fingerprint density at radius 2 is 1.90 bits per heavy atom. The van der Waals surface area contributed by atoms with Crippen LogP contribution in [0.3, 0.4) is 0 Å². The van der Waals surface area contributed by atoms with E-state index in [1.54, 1.807) is 37.3 Å². The minimum Gasteiger partial charge on any atom is -0.494 e. The summed E-state index contributed by atoms with van der Waals surface area (Å²) in [6.45, 7) is 1.56. The predicted molar refractivity (Wildman–Crippen MR) is 72.8 cm³/mol. The number of halogens is 1. The highest BCUT2D eigenvalue weighted by atomic mass is 19.1. The fourth-order valence-electron chi connectivity index (χ4n) is 2.03. The highest BCUT2D eigenvalue weighted by Gasteiger charge is 2.27. The molecule has 0 fully saturated rings. The first kappa shape index (κ1) is 14.0. The molecular weight excluding hydrogens is 257 g/mol. The van der Waals surface area contributed by atoms with Crippen molar-refractivity contribution >= 4 is 0 Å². The number of methoxy groups -OCH3 is 1. The lowest BCUT2D eigenvalue weighted by molar-refractivity contribution is 0.102. The van der Waals surface area contributed by atoms with Gasteiger partial charge in [0, 0.05) is 0 Å². The third kappa shape index (κ3) is 2.49. The van der Waals surface area contributed by atoms with Crippen molar-refractivity contribution in [2.24, 2.45) is 0 Å². The van der Waals surface area contributed by atoms with Crippen molar-refractivity contribution in [1.29, 1.82) is 5.26 Å². The molecule has 2 aromatic carbocycles. The number of aliphatic hydroxyl groups is 1. The summed E-state index contributed by atoms with van der Waals surface area (Å²) in [6.07, 6.45) is 0. The van der Waals surface area contributed by atoms with Crippen molar-refractivity contribution in [3.05, 3.63) is 65.0 Å². The molecule has 1 unspecified atom stereocenters. The highest BCUT2D eigenvalue weighted by molar-refractivity contribution is 5.42. The third-order valence-electron chi connectivity index (χ3n) is 3.27. The van der Waals surface area contributed by atoms with E-state index in [2.05, 4.69) is 0 Å². The number of rotatable bonds is 3. The number of hydrogen-bond acceptors (Lipinski definition) is 3. The van der Waals surface area contributed by atoms with Crippen LogP contribution in [0.25, 0.3) is 0 Å². The molecule has 0 saturated heterocycles. The Balaban J connectivity index is 2.48. The number of hydrogen-bond donors (Lipinski definition) is 1. The Morgan fingerprint density at radius 3 is 2.50 bits per heavy atom. The second-order valence-corrected chi connectivity index (χ2v) is 4.61. The van der Waals surface area contributed by atoms with Gasteiger partial charge in [-0.15, -0.1) is 0 Å². The average Bonchev–Trinajstić information content (AvgIpc) is 2.47. The summed E-state index contributed by atoms with van der Waals surface area (Å²) in [5.74, 6) is -0.419. The van der Waals surface area contributed by atoms with Gasteiger partial charge in [0.2, 0.25) is 0 Å². The van der Waals surface area contributed by atoms with Crippen molar-refractivity contribution in [3.8, 4) is 11.8 Å². The van der Waals surface area contributed by atoms with Gasteiger partial charge < -0.3 is 9.84 Å². The van der Waals surface area contributed by atoms with E-state index in [-0.39, 0.29) is 5.75 Å². The number of nitriles is 1. The Bertz CT molecular complexity index is 674. The first-order valence-corrected chi connectivity index (χ1v) is 6.06. The van der Waals surface area contributed by atoms with Crippen LogP contribution in [0.1, 0.15) is 23.6 Å². The molecule has 102 valence electrons. The molecule has 0 amide bonds. The summed E-state index contributed by atoms with van der Waals surface area (Å²) in [4.78, 5) is 0. The average molecular weight is 271 g/mol. The summed E-state index contributed by atoms with van der Waals surface area (Å²) in [6, 6.07) is 12.9. The van der Waals surface area contributed by atoms with Crippen LogP contribution in [-0.2, 0) is 5.60 Å². The molecule has 0 radical (unpaired) electrons. The molecule has 3 nitrogen and oxygen atoms in total. The van der Waals surface area contributed by atoms with Crippen LogP contribution in [-0.4, -0.2) is 12.2 Å². The van der Waals surface area contributed by atoms with E-state index in [1.807, 2.05) is 6.07 Å². The third-order valence-corrected chi connectivity index (χ3v) is 3.27. The van der Waals surface area contributed by atoms with Crippen LogP contribution in [0, 0.1) is 17.1 Å². The molecule has 0 aliphatic rings. The maximum Gasteiger partial charge on any atom is 0.165 e. The summed E-state index contributed by atoms with van der Waals surface area (Å²) in [5, 5.41) is 19.6. The van der Waals surface area contributed by atoms with Crippen LogP contribution in [0.15, 0.2) is 42.5 Å². The van der Waals surface area contributed by atoms with Crippen molar-refractivity contribution in [1.82, 2.24) is 0 Å². The molecule has 0 aromatic heterocycles. The molecule has 0 aliphatic heterocycles. The molecule has 4 heteroatoms. The largest absolute Gasteiger partial charge is 0.494 e. The van der Waals surface area contributed by atoms with E-state index >= 15 is 0 Å². The van der Waals surface area contributed by atoms with Crippen molar-refractivity contribution in [3.63, 3.8) is 0 Å². The summed E-state index contributed by atoms with van der Waals surface area (Å²) < 4.78 is 18.6. The lowest BCUT2D eigenvalue weighted by Crippen LogP contribution is -2.23. The zero-order valence-corrected chi connectivity index (χ0v) is 11.2. The van der Waals surface area contributed by atoms with Gasteiger partial charge >= 0.3 is 0 Å². The van der Waals surface area contributed by atoms with Gasteiger partial charge in [0.05, 0.1) is 18.7 Å².